The van der Waals surface area contributed by atoms with E-state index in [-0.39, 0.29) is 0 Å². The van der Waals surface area contributed by atoms with Crippen LogP contribution in [0.4, 0.5) is 5.69 Å². The van der Waals surface area contributed by atoms with Crippen molar-refractivity contribution in [2.24, 2.45) is 0 Å². The van der Waals surface area contributed by atoms with Crippen LogP contribution >= 0.6 is 15.9 Å². The van der Waals surface area contributed by atoms with Gasteiger partial charge in [-0.1, -0.05) is 52.3 Å². The Morgan fingerprint density at radius 1 is 1.00 bits per heavy atom. The number of hydrogen-bond donors (Lipinski definition) is 1. The second kappa shape index (κ2) is 7.74. The molecule has 2 rings (SSSR count). The molecule has 2 aromatic carbocycles. The van der Waals surface area contributed by atoms with E-state index in [1.165, 1.54) is 0 Å². The monoisotopic (exact) mass is 293 g/mol. The summed E-state index contributed by atoms with van der Waals surface area (Å²) in [4.78, 5) is 0. The van der Waals surface area contributed by atoms with Gasteiger partial charge in [-0.05, 0) is 23.5 Å². The minimum absolute atomic E-state index is 0.574. The van der Waals surface area contributed by atoms with Crippen LogP contribution in [0.1, 0.15) is 5.56 Å². The van der Waals surface area contributed by atoms with Crippen molar-refractivity contribution >= 4 is 21.6 Å². The number of halogens is 1. The van der Waals surface area contributed by atoms with E-state index in [1.54, 1.807) is 0 Å². The summed E-state index contributed by atoms with van der Waals surface area (Å²) in [6.07, 6.45) is 0. The van der Waals surface area contributed by atoms with Gasteiger partial charge in [0, 0.05) is 11.8 Å². The number of nitrogen functional groups attached to an aromatic ring is 1. The fraction of sp³-hybridized carbons (Fsp3) is 0.143. The van der Waals surface area contributed by atoms with Crippen LogP contribution in [-0.4, -0.2) is 5.83 Å². The Kier molecular flexibility index (Phi) is 6.18. The molecule has 0 atom stereocenters. The summed E-state index contributed by atoms with van der Waals surface area (Å²) >= 11 is 2.94. The zero-order valence-electron chi connectivity index (χ0n) is 9.77. The number of rotatable bonds is 3. The van der Waals surface area contributed by atoms with Crippen molar-refractivity contribution < 1.29 is 4.74 Å². The number of benzene rings is 2. The molecule has 2 N–H and O–H groups in total. The zero-order chi connectivity index (χ0) is 12.5. The van der Waals surface area contributed by atoms with E-state index < -0.39 is 0 Å². The lowest BCUT2D eigenvalue weighted by Gasteiger charge is -2.06. The highest BCUT2D eigenvalue weighted by Crippen LogP contribution is 2.15. The number of alkyl halides is 1. The third kappa shape index (κ3) is 4.91. The van der Waals surface area contributed by atoms with Crippen molar-refractivity contribution in [3.8, 4) is 5.75 Å². The molecule has 0 heterocycles. The predicted octanol–water partition coefficient (Wildman–Crippen LogP) is 3.86. The van der Waals surface area contributed by atoms with Gasteiger partial charge in [0.05, 0.1) is 0 Å². The van der Waals surface area contributed by atoms with Crippen molar-refractivity contribution in [2.45, 2.75) is 6.61 Å². The first-order chi connectivity index (χ1) is 8.34. The SMILES string of the molecule is CBr.Nc1cccc(OCc2ccccc2)c1. The zero-order valence-corrected chi connectivity index (χ0v) is 11.4. The topological polar surface area (TPSA) is 35.2 Å². The third-order valence-corrected chi connectivity index (χ3v) is 2.11. The lowest BCUT2D eigenvalue weighted by atomic mass is 10.2. The average Bonchev–Trinajstić information content (AvgIpc) is 2.40. The highest BCUT2D eigenvalue weighted by Gasteiger charge is 1.95. The van der Waals surface area contributed by atoms with Gasteiger partial charge in [-0.2, -0.15) is 0 Å². The van der Waals surface area contributed by atoms with Gasteiger partial charge >= 0.3 is 0 Å². The van der Waals surface area contributed by atoms with Crippen LogP contribution in [0.25, 0.3) is 0 Å². The molecule has 0 fully saturated rings. The molecule has 0 aliphatic heterocycles. The standard InChI is InChI=1S/C13H13NO.CH3Br/c14-12-7-4-8-13(9-12)15-10-11-5-2-1-3-6-11;1-2/h1-9H,10,14H2;1H3. The molecular formula is C14H16BrNO. The van der Waals surface area contributed by atoms with E-state index in [9.17, 15) is 0 Å². The summed E-state index contributed by atoms with van der Waals surface area (Å²) in [5.41, 5.74) is 7.52. The largest absolute Gasteiger partial charge is 0.489 e. The van der Waals surface area contributed by atoms with Crippen LogP contribution in [-0.2, 0) is 6.61 Å². The van der Waals surface area contributed by atoms with Gasteiger partial charge in [-0.15, -0.1) is 0 Å². The highest BCUT2D eigenvalue weighted by molar-refractivity contribution is 9.08. The second-order valence-electron chi connectivity index (χ2n) is 3.35. The normalized spacial score (nSPS) is 9.06. The van der Waals surface area contributed by atoms with E-state index in [1.807, 2.05) is 60.4 Å². The first-order valence-corrected chi connectivity index (χ1v) is 6.83. The van der Waals surface area contributed by atoms with Crippen molar-refractivity contribution in [3.63, 3.8) is 0 Å². The van der Waals surface area contributed by atoms with Gasteiger partial charge < -0.3 is 10.5 Å². The Labute approximate surface area is 111 Å². The highest BCUT2D eigenvalue weighted by atomic mass is 79.9. The van der Waals surface area contributed by atoms with Crippen LogP contribution in [0.2, 0.25) is 0 Å². The first kappa shape index (κ1) is 13.6. The lowest BCUT2D eigenvalue weighted by molar-refractivity contribution is 0.306. The van der Waals surface area contributed by atoms with Gasteiger partial charge in [0.2, 0.25) is 0 Å². The summed E-state index contributed by atoms with van der Waals surface area (Å²) in [6.45, 7) is 0.574. The van der Waals surface area contributed by atoms with E-state index in [2.05, 4.69) is 15.9 Å². The quantitative estimate of drug-likeness (QED) is 0.689. The molecule has 0 aliphatic carbocycles. The van der Waals surface area contributed by atoms with Crippen molar-refractivity contribution in [1.29, 1.82) is 0 Å². The maximum atomic E-state index is 5.65. The van der Waals surface area contributed by atoms with Gasteiger partial charge in [0.1, 0.15) is 12.4 Å². The Balaban J connectivity index is 0.000000686. The Morgan fingerprint density at radius 3 is 2.35 bits per heavy atom. The van der Waals surface area contributed by atoms with Crippen molar-refractivity contribution in [1.82, 2.24) is 0 Å². The fourth-order valence-corrected chi connectivity index (χ4v) is 1.35. The molecule has 17 heavy (non-hydrogen) atoms. The summed E-state index contributed by atoms with van der Waals surface area (Å²) in [5.74, 6) is 2.62. The van der Waals surface area contributed by atoms with Gasteiger partial charge in [-0.25, -0.2) is 0 Å². The summed E-state index contributed by atoms with van der Waals surface area (Å²) in [7, 11) is 0. The molecule has 0 aromatic heterocycles. The molecule has 0 bridgehead atoms. The molecule has 0 aliphatic rings. The molecule has 2 nitrogen and oxygen atoms in total. The Morgan fingerprint density at radius 2 is 1.71 bits per heavy atom. The Bertz CT molecular complexity index is 431. The van der Waals surface area contributed by atoms with Gasteiger partial charge in [-0.3, -0.25) is 0 Å². The van der Waals surface area contributed by atoms with Crippen molar-refractivity contribution in [2.75, 3.05) is 11.6 Å². The molecule has 0 unspecified atom stereocenters. The van der Waals surface area contributed by atoms with E-state index >= 15 is 0 Å². The number of ether oxygens (including phenoxy) is 1. The smallest absolute Gasteiger partial charge is 0.121 e. The molecule has 0 amide bonds. The summed E-state index contributed by atoms with van der Waals surface area (Å²) in [6, 6.07) is 17.5. The molecular weight excluding hydrogens is 278 g/mol. The number of anilines is 1. The molecule has 0 saturated carbocycles. The average molecular weight is 294 g/mol. The predicted molar refractivity (Wildman–Crippen MR) is 76.5 cm³/mol. The number of nitrogens with two attached hydrogens (primary N) is 1. The van der Waals surface area contributed by atoms with E-state index in [0.717, 1.165) is 17.0 Å². The lowest BCUT2D eigenvalue weighted by Crippen LogP contribution is -1.95. The van der Waals surface area contributed by atoms with Crippen LogP contribution < -0.4 is 10.5 Å². The summed E-state index contributed by atoms with van der Waals surface area (Å²) < 4.78 is 5.59. The third-order valence-electron chi connectivity index (χ3n) is 2.11. The molecule has 0 radical (unpaired) electrons. The van der Waals surface area contributed by atoms with Crippen LogP contribution in [0.5, 0.6) is 5.75 Å². The van der Waals surface area contributed by atoms with Crippen LogP contribution in [0.15, 0.2) is 54.6 Å². The van der Waals surface area contributed by atoms with E-state index in [4.69, 9.17) is 10.5 Å². The van der Waals surface area contributed by atoms with Crippen molar-refractivity contribution in [3.05, 3.63) is 60.2 Å². The van der Waals surface area contributed by atoms with Crippen LogP contribution in [0.3, 0.4) is 0 Å². The minimum Gasteiger partial charge on any atom is -0.489 e. The van der Waals surface area contributed by atoms with E-state index in [0.29, 0.717) is 6.61 Å². The second-order valence-corrected chi connectivity index (χ2v) is 3.35. The van der Waals surface area contributed by atoms with Crippen LogP contribution in [0, 0.1) is 0 Å². The molecule has 3 heteroatoms. The fourth-order valence-electron chi connectivity index (χ4n) is 1.35. The minimum atomic E-state index is 0.574. The maximum absolute atomic E-state index is 5.65. The van der Waals surface area contributed by atoms with Gasteiger partial charge in [0.25, 0.3) is 0 Å². The molecule has 0 spiro atoms. The Hall–Kier alpha value is -1.48. The molecule has 0 saturated heterocycles. The molecule has 90 valence electrons. The van der Waals surface area contributed by atoms with Gasteiger partial charge in [0.15, 0.2) is 0 Å². The summed E-state index contributed by atoms with van der Waals surface area (Å²) in [5, 5.41) is 0. The number of hydrogen-bond acceptors (Lipinski definition) is 2. The molecule has 2 aromatic rings. The maximum Gasteiger partial charge on any atom is 0.121 e. The first-order valence-electron chi connectivity index (χ1n) is 5.25.